The number of fused-ring (bicyclic) bond motifs is 1. The van der Waals surface area contributed by atoms with Crippen molar-refractivity contribution in [3.05, 3.63) is 24.4 Å². The highest BCUT2D eigenvalue weighted by Gasteiger charge is 2.22. The molecule has 5 heteroatoms. The van der Waals surface area contributed by atoms with E-state index in [9.17, 15) is 4.79 Å². The maximum Gasteiger partial charge on any atom is 0.421 e. The number of aromatic nitrogens is 2. The number of rotatable bonds is 1. The van der Waals surface area contributed by atoms with E-state index in [1.165, 1.54) is 11.7 Å². The molecule has 18 heavy (non-hydrogen) atoms. The summed E-state index contributed by atoms with van der Waals surface area (Å²) in [5.41, 5.74) is 0.810. The molecule has 0 unspecified atom stereocenters. The molecular weight excluding hydrogens is 232 g/mol. The highest BCUT2D eigenvalue weighted by atomic mass is 16.6. The molecule has 0 fully saturated rings. The lowest BCUT2D eigenvalue weighted by Gasteiger charge is -2.20. The van der Waals surface area contributed by atoms with E-state index in [0.717, 1.165) is 0 Å². The fourth-order valence-corrected chi connectivity index (χ4v) is 1.66. The molecule has 0 aliphatic carbocycles. The molecule has 0 saturated heterocycles. The van der Waals surface area contributed by atoms with Gasteiger partial charge in [0.25, 0.3) is 0 Å². The van der Waals surface area contributed by atoms with Crippen LogP contribution in [0.1, 0.15) is 20.8 Å². The Morgan fingerprint density at radius 1 is 1.39 bits per heavy atom. The average Bonchev–Trinajstić information content (AvgIpc) is 2.64. The Hall–Kier alpha value is -2.04. The summed E-state index contributed by atoms with van der Waals surface area (Å²) in [4.78, 5) is 16.3. The Balaban J connectivity index is 2.51. The second-order valence-electron chi connectivity index (χ2n) is 4.91. The van der Waals surface area contributed by atoms with Gasteiger partial charge in [-0.15, -0.1) is 0 Å². The predicted molar refractivity (Wildman–Crippen MR) is 67.9 cm³/mol. The molecule has 0 saturated carbocycles. The Bertz CT molecular complexity index is 581. The number of hydrogen-bond acceptors (Lipinski definition) is 4. The summed E-state index contributed by atoms with van der Waals surface area (Å²) < 4.78 is 11.9. The minimum Gasteiger partial charge on any atom is -0.482 e. The Labute approximate surface area is 105 Å². The average molecular weight is 248 g/mol. The van der Waals surface area contributed by atoms with E-state index in [0.29, 0.717) is 16.9 Å². The molecule has 2 aromatic rings. The van der Waals surface area contributed by atoms with Gasteiger partial charge in [-0.25, -0.2) is 9.36 Å². The van der Waals surface area contributed by atoms with Crippen molar-refractivity contribution in [1.82, 2.24) is 9.55 Å². The summed E-state index contributed by atoms with van der Waals surface area (Å²) in [5, 5.41) is 0. The fourth-order valence-electron chi connectivity index (χ4n) is 1.66. The van der Waals surface area contributed by atoms with E-state index in [-0.39, 0.29) is 0 Å². The second kappa shape index (κ2) is 4.33. The van der Waals surface area contributed by atoms with Crippen LogP contribution in [0.5, 0.6) is 5.88 Å². The molecular formula is C13H16N2O3. The molecule has 5 nitrogen and oxygen atoms in total. The van der Waals surface area contributed by atoms with Crippen LogP contribution in [0.2, 0.25) is 0 Å². The number of carbonyl (C=O) groups excluding carboxylic acids is 1. The maximum absolute atomic E-state index is 12.1. The summed E-state index contributed by atoms with van der Waals surface area (Å²) in [6, 6.07) is 5.27. The summed E-state index contributed by atoms with van der Waals surface area (Å²) in [6.45, 7) is 5.46. The van der Waals surface area contributed by atoms with E-state index in [1.807, 2.05) is 20.8 Å². The SMILES string of the molecule is COc1cc2ncccc2n1C(=O)OC(C)(C)C. The molecule has 0 spiro atoms. The highest BCUT2D eigenvalue weighted by molar-refractivity contribution is 5.89. The normalized spacial score (nSPS) is 11.6. The largest absolute Gasteiger partial charge is 0.482 e. The van der Waals surface area contributed by atoms with Gasteiger partial charge in [-0.05, 0) is 32.9 Å². The Morgan fingerprint density at radius 3 is 2.72 bits per heavy atom. The predicted octanol–water partition coefficient (Wildman–Crippen LogP) is 2.83. The quantitative estimate of drug-likeness (QED) is 0.778. The molecule has 0 amide bonds. The lowest BCUT2D eigenvalue weighted by Crippen LogP contribution is -2.27. The molecule has 0 radical (unpaired) electrons. The van der Waals surface area contributed by atoms with Gasteiger partial charge in [-0.1, -0.05) is 0 Å². The Kier molecular flexibility index (Phi) is 2.98. The summed E-state index contributed by atoms with van der Waals surface area (Å²) in [7, 11) is 1.51. The van der Waals surface area contributed by atoms with Crippen LogP contribution >= 0.6 is 0 Å². The van der Waals surface area contributed by atoms with E-state index in [4.69, 9.17) is 9.47 Å². The van der Waals surface area contributed by atoms with Gasteiger partial charge in [0.2, 0.25) is 5.88 Å². The summed E-state index contributed by atoms with van der Waals surface area (Å²) in [5.74, 6) is 0.415. The van der Waals surface area contributed by atoms with Gasteiger partial charge in [-0.3, -0.25) is 4.98 Å². The first-order valence-corrected chi connectivity index (χ1v) is 5.66. The molecule has 0 aliphatic heterocycles. The van der Waals surface area contributed by atoms with E-state index in [1.54, 1.807) is 24.4 Å². The van der Waals surface area contributed by atoms with Crippen LogP contribution in [-0.2, 0) is 4.74 Å². The summed E-state index contributed by atoms with van der Waals surface area (Å²) in [6.07, 6.45) is 1.20. The van der Waals surface area contributed by atoms with E-state index < -0.39 is 11.7 Å². The van der Waals surface area contributed by atoms with Crippen molar-refractivity contribution in [2.24, 2.45) is 0 Å². The van der Waals surface area contributed by atoms with Crippen LogP contribution in [0, 0.1) is 0 Å². The smallest absolute Gasteiger partial charge is 0.421 e. The van der Waals surface area contributed by atoms with Crippen LogP contribution in [0.3, 0.4) is 0 Å². The summed E-state index contributed by atoms with van der Waals surface area (Å²) >= 11 is 0. The number of nitrogens with zero attached hydrogens (tertiary/aromatic N) is 2. The standard InChI is InChI=1S/C13H16N2O3/c1-13(2,3)18-12(16)15-10-6-5-7-14-9(10)8-11(15)17-4/h5-8H,1-4H3. The van der Waals surface area contributed by atoms with Crippen molar-refractivity contribution < 1.29 is 14.3 Å². The van der Waals surface area contributed by atoms with Crippen LogP contribution in [0.25, 0.3) is 11.0 Å². The number of ether oxygens (including phenoxy) is 2. The third kappa shape index (κ3) is 2.30. The zero-order valence-electron chi connectivity index (χ0n) is 10.9. The maximum atomic E-state index is 12.1. The first-order chi connectivity index (χ1) is 8.42. The molecule has 0 bridgehead atoms. The fraction of sp³-hybridized carbons (Fsp3) is 0.385. The molecule has 2 aromatic heterocycles. The molecule has 0 N–H and O–H groups in total. The molecule has 2 heterocycles. The van der Waals surface area contributed by atoms with Crippen LogP contribution < -0.4 is 4.74 Å². The minimum absolute atomic E-state index is 0.415. The van der Waals surface area contributed by atoms with Crippen LogP contribution in [0.15, 0.2) is 24.4 Å². The van der Waals surface area contributed by atoms with Crippen molar-refractivity contribution in [2.45, 2.75) is 26.4 Å². The molecule has 0 atom stereocenters. The monoisotopic (exact) mass is 248 g/mol. The molecule has 2 rings (SSSR count). The zero-order valence-corrected chi connectivity index (χ0v) is 10.9. The highest BCUT2D eigenvalue weighted by Crippen LogP contribution is 2.25. The number of pyridine rings is 1. The third-order valence-corrected chi connectivity index (χ3v) is 2.32. The second-order valence-corrected chi connectivity index (χ2v) is 4.91. The lowest BCUT2D eigenvalue weighted by atomic mass is 10.2. The topological polar surface area (TPSA) is 53.4 Å². The van der Waals surface area contributed by atoms with Gasteiger partial charge < -0.3 is 9.47 Å². The van der Waals surface area contributed by atoms with Gasteiger partial charge in [0, 0.05) is 12.3 Å². The third-order valence-electron chi connectivity index (χ3n) is 2.32. The Morgan fingerprint density at radius 2 is 2.11 bits per heavy atom. The van der Waals surface area contributed by atoms with Crippen LogP contribution in [-0.4, -0.2) is 28.4 Å². The number of hydrogen-bond donors (Lipinski definition) is 0. The molecule has 0 aliphatic rings. The first-order valence-electron chi connectivity index (χ1n) is 5.66. The van der Waals surface area contributed by atoms with E-state index >= 15 is 0 Å². The van der Waals surface area contributed by atoms with Crippen molar-refractivity contribution in [2.75, 3.05) is 7.11 Å². The number of methoxy groups -OCH3 is 1. The minimum atomic E-state index is -0.555. The van der Waals surface area contributed by atoms with E-state index in [2.05, 4.69) is 4.98 Å². The van der Waals surface area contributed by atoms with Crippen molar-refractivity contribution in [3.63, 3.8) is 0 Å². The molecule has 0 aromatic carbocycles. The van der Waals surface area contributed by atoms with Gasteiger partial charge in [0.05, 0.1) is 18.1 Å². The van der Waals surface area contributed by atoms with Gasteiger partial charge >= 0.3 is 6.09 Å². The van der Waals surface area contributed by atoms with Crippen molar-refractivity contribution in [3.8, 4) is 5.88 Å². The lowest BCUT2D eigenvalue weighted by molar-refractivity contribution is 0.0532. The molecule has 96 valence electrons. The zero-order chi connectivity index (χ0) is 13.3. The van der Waals surface area contributed by atoms with Gasteiger partial charge in [0.1, 0.15) is 5.60 Å². The van der Waals surface area contributed by atoms with Crippen LogP contribution in [0.4, 0.5) is 4.79 Å². The van der Waals surface area contributed by atoms with Crippen molar-refractivity contribution in [1.29, 1.82) is 0 Å². The van der Waals surface area contributed by atoms with Crippen molar-refractivity contribution >= 4 is 17.1 Å². The first kappa shape index (κ1) is 12.4. The van der Waals surface area contributed by atoms with Gasteiger partial charge in [-0.2, -0.15) is 0 Å². The number of carbonyl (C=O) groups is 1. The van der Waals surface area contributed by atoms with Gasteiger partial charge in [0.15, 0.2) is 0 Å².